The van der Waals surface area contributed by atoms with Gasteiger partial charge in [-0.3, -0.25) is 14.9 Å². The van der Waals surface area contributed by atoms with Crippen molar-refractivity contribution in [2.24, 2.45) is 0 Å². The van der Waals surface area contributed by atoms with Crippen molar-refractivity contribution in [3.05, 3.63) is 55.7 Å². The Balaban J connectivity index is 1.75. The van der Waals surface area contributed by atoms with Crippen LogP contribution in [0.2, 0.25) is 4.34 Å². The normalized spacial score (nSPS) is 15.6. The largest absolute Gasteiger partial charge is 0.336 e. The van der Waals surface area contributed by atoms with Crippen LogP contribution in [0.3, 0.4) is 0 Å². The highest BCUT2D eigenvalue weighted by molar-refractivity contribution is 7.91. The van der Waals surface area contributed by atoms with Gasteiger partial charge in [-0.1, -0.05) is 11.6 Å². The van der Waals surface area contributed by atoms with Crippen LogP contribution >= 0.6 is 22.9 Å². The third-order valence-electron chi connectivity index (χ3n) is 4.43. The summed E-state index contributed by atoms with van der Waals surface area (Å²) in [5.41, 5.74) is -0.762. The second-order valence-electron chi connectivity index (χ2n) is 6.11. The van der Waals surface area contributed by atoms with E-state index in [1.165, 1.54) is 28.3 Å². The average Bonchev–Trinajstić information content (AvgIpc) is 3.10. The number of nitro benzene ring substituents is 1. The zero-order valence-electron chi connectivity index (χ0n) is 14.6. The maximum absolute atomic E-state index is 14.0. The summed E-state index contributed by atoms with van der Waals surface area (Å²) in [5, 5.41) is 11.0. The monoisotopic (exact) mass is 447 g/mol. The molecular formula is C16H15ClFN3O5S2. The first-order valence-corrected chi connectivity index (χ1v) is 10.7. The van der Waals surface area contributed by atoms with Crippen molar-refractivity contribution in [3.8, 4) is 0 Å². The molecule has 1 aromatic carbocycles. The second-order valence-corrected chi connectivity index (χ2v) is 9.99. The van der Waals surface area contributed by atoms with Gasteiger partial charge >= 0.3 is 0 Å². The second kappa shape index (κ2) is 7.74. The predicted octanol–water partition coefficient (Wildman–Crippen LogP) is 2.90. The van der Waals surface area contributed by atoms with Crippen LogP contribution in [0.1, 0.15) is 15.9 Å². The van der Waals surface area contributed by atoms with Crippen LogP contribution in [0, 0.1) is 22.9 Å². The highest BCUT2D eigenvalue weighted by Gasteiger charge is 2.32. The molecule has 0 unspecified atom stereocenters. The first kappa shape index (κ1) is 20.6. The molecule has 2 heterocycles. The van der Waals surface area contributed by atoms with E-state index in [2.05, 4.69) is 0 Å². The van der Waals surface area contributed by atoms with Crippen LogP contribution in [0.25, 0.3) is 0 Å². The number of piperazine rings is 1. The Morgan fingerprint density at radius 3 is 2.43 bits per heavy atom. The van der Waals surface area contributed by atoms with Gasteiger partial charge in [0.2, 0.25) is 0 Å². The number of nitrogens with zero attached hydrogens (tertiary/aromatic N) is 3. The summed E-state index contributed by atoms with van der Waals surface area (Å²) in [4.78, 5) is 24.3. The number of thiophene rings is 1. The van der Waals surface area contributed by atoms with Crippen LogP contribution in [0.5, 0.6) is 0 Å². The summed E-state index contributed by atoms with van der Waals surface area (Å²) in [5.74, 6) is -1.42. The van der Waals surface area contributed by atoms with Crippen molar-refractivity contribution in [2.45, 2.75) is 11.1 Å². The first-order valence-electron chi connectivity index (χ1n) is 8.10. The molecule has 1 fully saturated rings. The van der Waals surface area contributed by atoms with E-state index in [4.69, 9.17) is 11.6 Å². The van der Waals surface area contributed by atoms with Gasteiger partial charge in [0.05, 0.1) is 14.8 Å². The highest BCUT2D eigenvalue weighted by atomic mass is 35.5. The van der Waals surface area contributed by atoms with Crippen molar-refractivity contribution in [2.75, 3.05) is 26.2 Å². The fourth-order valence-corrected chi connectivity index (χ4v) is 5.91. The topological polar surface area (TPSA) is 101 Å². The zero-order chi connectivity index (χ0) is 20.6. The van der Waals surface area contributed by atoms with Crippen LogP contribution in [0.15, 0.2) is 28.5 Å². The Bertz CT molecular complexity index is 1050. The summed E-state index contributed by atoms with van der Waals surface area (Å²) in [6, 6.07) is 4.92. The number of amides is 1. The van der Waals surface area contributed by atoms with E-state index in [0.29, 0.717) is 4.34 Å². The predicted molar refractivity (Wildman–Crippen MR) is 102 cm³/mol. The van der Waals surface area contributed by atoms with Gasteiger partial charge in [-0.2, -0.15) is 4.31 Å². The SMILES string of the molecule is Cc1c(F)cc(C(=O)N2CCN(S(=O)(=O)c3ccc(Cl)s3)CC2)cc1[N+](=O)[O-]. The van der Waals surface area contributed by atoms with Crippen molar-refractivity contribution in [3.63, 3.8) is 0 Å². The fraction of sp³-hybridized carbons (Fsp3) is 0.312. The lowest BCUT2D eigenvalue weighted by Crippen LogP contribution is -2.50. The quantitative estimate of drug-likeness (QED) is 0.529. The van der Waals surface area contributed by atoms with Gasteiger partial charge in [-0.05, 0) is 25.1 Å². The lowest BCUT2D eigenvalue weighted by atomic mass is 10.1. The molecule has 0 spiro atoms. The summed E-state index contributed by atoms with van der Waals surface area (Å²) < 4.78 is 40.9. The Labute approximate surface area is 169 Å². The van der Waals surface area contributed by atoms with Gasteiger partial charge in [0, 0.05) is 37.8 Å². The molecule has 0 atom stereocenters. The molecule has 2 aromatic rings. The Morgan fingerprint density at radius 2 is 1.89 bits per heavy atom. The first-order chi connectivity index (χ1) is 13.1. The lowest BCUT2D eigenvalue weighted by Gasteiger charge is -2.33. The summed E-state index contributed by atoms with van der Waals surface area (Å²) >= 11 is 6.75. The molecule has 1 aromatic heterocycles. The van der Waals surface area contributed by atoms with Crippen molar-refractivity contribution in [1.29, 1.82) is 0 Å². The molecule has 0 aliphatic carbocycles. The molecule has 28 heavy (non-hydrogen) atoms. The smallest absolute Gasteiger partial charge is 0.276 e. The molecule has 0 bridgehead atoms. The van der Waals surface area contributed by atoms with Crippen molar-refractivity contribution < 1.29 is 22.5 Å². The maximum Gasteiger partial charge on any atom is 0.276 e. The van der Waals surface area contributed by atoms with Gasteiger partial charge in [-0.15, -0.1) is 11.3 Å². The molecule has 0 saturated carbocycles. The fourth-order valence-electron chi connectivity index (χ4n) is 2.86. The summed E-state index contributed by atoms with van der Waals surface area (Å²) in [6.45, 7) is 1.54. The number of hydrogen-bond acceptors (Lipinski definition) is 6. The van der Waals surface area contributed by atoms with Gasteiger partial charge in [-0.25, -0.2) is 12.8 Å². The van der Waals surface area contributed by atoms with Crippen molar-refractivity contribution >= 4 is 44.6 Å². The molecule has 12 heteroatoms. The number of hydrogen-bond donors (Lipinski definition) is 0. The molecule has 1 amide bonds. The maximum atomic E-state index is 14.0. The van der Waals surface area contributed by atoms with E-state index in [9.17, 15) is 27.7 Å². The zero-order valence-corrected chi connectivity index (χ0v) is 17.0. The van der Waals surface area contributed by atoms with E-state index < -0.39 is 32.4 Å². The number of rotatable bonds is 4. The molecular weight excluding hydrogens is 433 g/mol. The number of carbonyl (C=O) groups is 1. The van der Waals surface area contributed by atoms with Gasteiger partial charge in [0.1, 0.15) is 10.0 Å². The summed E-state index contributed by atoms with van der Waals surface area (Å²) in [7, 11) is -3.71. The van der Waals surface area contributed by atoms with Gasteiger partial charge in [0.25, 0.3) is 21.6 Å². The minimum Gasteiger partial charge on any atom is -0.336 e. The minimum absolute atomic E-state index is 0.0556. The number of benzene rings is 1. The van der Waals surface area contributed by atoms with Crippen LogP contribution < -0.4 is 0 Å². The highest BCUT2D eigenvalue weighted by Crippen LogP contribution is 2.29. The standard InChI is InChI=1S/C16H15ClFN3O5S2/c1-10-12(18)8-11(9-13(10)21(23)24)16(22)19-4-6-20(7-5-19)28(25,26)15-3-2-14(17)27-15/h2-3,8-9H,4-7H2,1H3. The van der Waals surface area contributed by atoms with E-state index in [-0.39, 0.29) is 41.5 Å². The Hall–Kier alpha value is -2.08. The van der Waals surface area contributed by atoms with E-state index >= 15 is 0 Å². The van der Waals surface area contributed by atoms with E-state index in [1.54, 1.807) is 0 Å². The number of sulfonamides is 1. The lowest BCUT2D eigenvalue weighted by molar-refractivity contribution is -0.385. The minimum atomic E-state index is -3.71. The molecule has 0 radical (unpaired) electrons. The van der Waals surface area contributed by atoms with Crippen LogP contribution in [0.4, 0.5) is 10.1 Å². The number of nitro groups is 1. The molecule has 1 saturated heterocycles. The third-order valence-corrected chi connectivity index (χ3v) is 8.03. The molecule has 1 aliphatic rings. The van der Waals surface area contributed by atoms with Crippen LogP contribution in [-0.4, -0.2) is 54.6 Å². The summed E-state index contributed by atoms with van der Waals surface area (Å²) in [6.07, 6.45) is 0. The Morgan fingerprint density at radius 1 is 1.25 bits per heavy atom. The average molecular weight is 448 g/mol. The molecule has 3 rings (SSSR count). The van der Waals surface area contributed by atoms with Gasteiger partial charge < -0.3 is 4.90 Å². The third kappa shape index (κ3) is 3.88. The number of halogens is 2. The van der Waals surface area contributed by atoms with Crippen LogP contribution in [-0.2, 0) is 10.0 Å². The molecule has 0 N–H and O–H groups in total. The molecule has 1 aliphatic heterocycles. The Kier molecular flexibility index (Phi) is 5.71. The van der Waals surface area contributed by atoms with E-state index in [1.807, 2.05) is 0 Å². The molecule has 150 valence electrons. The van der Waals surface area contributed by atoms with Crippen molar-refractivity contribution in [1.82, 2.24) is 9.21 Å². The number of carbonyl (C=O) groups excluding carboxylic acids is 1. The van der Waals surface area contributed by atoms with E-state index in [0.717, 1.165) is 23.5 Å². The molecule has 8 nitrogen and oxygen atoms in total. The van der Waals surface area contributed by atoms with Gasteiger partial charge in [0.15, 0.2) is 0 Å².